The van der Waals surface area contributed by atoms with Crippen LogP contribution in [0.15, 0.2) is 121 Å². The molecule has 42 heavy (non-hydrogen) atoms. The number of amides is 1. The highest BCUT2D eigenvalue weighted by Gasteiger charge is 2.21. The summed E-state index contributed by atoms with van der Waals surface area (Å²) in [5, 5.41) is 24.2. The van der Waals surface area contributed by atoms with Gasteiger partial charge in [0, 0.05) is 35.1 Å². The molecule has 1 heterocycles. The summed E-state index contributed by atoms with van der Waals surface area (Å²) in [7, 11) is 0. The summed E-state index contributed by atoms with van der Waals surface area (Å²) in [5.74, 6) is 0.0475. The van der Waals surface area contributed by atoms with Crippen LogP contribution in [0.5, 0.6) is 5.75 Å². The molecule has 5 rings (SSSR count). The minimum atomic E-state index is -0.561. The van der Waals surface area contributed by atoms with Crippen molar-refractivity contribution in [1.29, 1.82) is 5.26 Å². The Morgan fingerprint density at radius 3 is 2.21 bits per heavy atom. The number of nitro groups is 1. The van der Waals surface area contributed by atoms with Crippen LogP contribution in [0, 0.1) is 21.4 Å². The number of hydrogen-bond acceptors (Lipinski definition) is 5. The zero-order valence-electron chi connectivity index (χ0n) is 22.7. The third-order valence-corrected chi connectivity index (χ3v) is 6.53. The van der Waals surface area contributed by atoms with E-state index in [4.69, 9.17) is 4.74 Å². The van der Waals surface area contributed by atoms with Gasteiger partial charge >= 0.3 is 0 Å². The molecule has 0 fully saturated rings. The zero-order chi connectivity index (χ0) is 29.5. The number of non-ortho nitro benzene ring substituents is 1. The first-order valence-electron chi connectivity index (χ1n) is 13.3. The number of aromatic nitrogens is 1. The Morgan fingerprint density at radius 2 is 1.60 bits per heavy atom. The fraction of sp³-hybridized carbons (Fsp3) is 0.0588. The maximum absolute atomic E-state index is 13.3. The van der Waals surface area contributed by atoms with Crippen molar-refractivity contribution < 1.29 is 14.5 Å². The van der Waals surface area contributed by atoms with Crippen molar-refractivity contribution in [2.75, 3.05) is 11.9 Å². The average Bonchev–Trinajstić information content (AvgIpc) is 3.40. The van der Waals surface area contributed by atoms with Crippen LogP contribution in [0.1, 0.15) is 12.5 Å². The monoisotopic (exact) mass is 554 g/mol. The van der Waals surface area contributed by atoms with Crippen LogP contribution in [0.3, 0.4) is 0 Å². The van der Waals surface area contributed by atoms with Gasteiger partial charge in [-0.3, -0.25) is 14.9 Å². The van der Waals surface area contributed by atoms with Gasteiger partial charge in [0.15, 0.2) is 0 Å². The number of carbonyl (C=O) groups is 1. The molecule has 0 saturated carbocycles. The van der Waals surface area contributed by atoms with E-state index in [1.54, 1.807) is 42.5 Å². The molecule has 1 aromatic heterocycles. The van der Waals surface area contributed by atoms with Crippen LogP contribution in [0.25, 0.3) is 34.3 Å². The van der Waals surface area contributed by atoms with Crippen LogP contribution in [0.4, 0.5) is 11.4 Å². The summed E-state index contributed by atoms with van der Waals surface area (Å²) in [4.78, 5) is 24.2. The summed E-state index contributed by atoms with van der Waals surface area (Å²) in [6.07, 6.45) is 1.57. The lowest BCUT2D eigenvalue weighted by molar-refractivity contribution is -0.384. The van der Waals surface area contributed by atoms with Crippen molar-refractivity contribution in [1.82, 2.24) is 4.57 Å². The predicted molar refractivity (Wildman–Crippen MR) is 163 cm³/mol. The first kappa shape index (κ1) is 27.6. The van der Waals surface area contributed by atoms with E-state index in [9.17, 15) is 20.2 Å². The van der Waals surface area contributed by atoms with Gasteiger partial charge in [0.05, 0.1) is 22.9 Å². The summed E-state index contributed by atoms with van der Waals surface area (Å²) in [6.45, 7) is 2.36. The van der Waals surface area contributed by atoms with Crippen LogP contribution < -0.4 is 10.1 Å². The van der Waals surface area contributed by atoms with E-state index < -0.39 is 10.8 Å². The lowest BCUT2D eigenvalue weighted by atomic mass is 10.0. The van der Waals surface area contributed by atoms with E-state index in [-0.39, 0.29) is 11.3 Å². The third-order valence-electron chi connectivity index (χ3n) is 6.53. The molecule has 4 aromatic carbocycles. The van der Waals surface area contributed by atoms with Gasteiger partial charge in [-0.25, -0.2) is 0 Å². The smallest absolute Gasteiger partial charge is 0.269 e. The maximum atomic E-state index is 13.3. The molecule has 8 nitrogen and oxygen atoms in total. The number of ether oxygens (including phenoxy) is 1. The molecule has 0 aliphatic heterocycles. The van der Waals surface area contributed by atoms with Gasteiger partial charge in [0.1, 0.15) is 17.4 Å². The molecule has 0 spiro atoms. The number of nitro benzene ring substituents is 1. The number of benzene rings is 4. The van der Waals surface area contributed by atoms with Crippen LogP contribution >= 0.6 is 0 Å². The van der Waals surface area contributed by atoms with Crippen molar-refractivity contribution in [3.63, 3.8) is 0 Å². The highest BCUT2D eigenvalue weighted by molar-refractivity contribution is 6.10. The van der Waals surface area contributed by atoms with Crippen LogP contribution in [-0.2, 0) is 4.79 Å². The number of hydrogen-bond donors (Lipinski definition) is 1. The van der Waals surface area contributed by atoms with Gasteiger partial charge < -0.3 is 14.6 Å². The fourth-order valence-electron chi connectivity index (χ4n) is 4.68. The Labute approximate surface area is 242 Å². The zero-order valence-corrected chi connectivity index (χ0v) is 22.7. The minimum Gasteiger partial charge on any atom is -0.494 e. The average molecular weight is 555 g/mol. The van der Waals surface area contributed by atoms with Gasteiger partial charge in [-0.05, 0) is 54.5 Å². The summed E-state index contributed by atoms with van der Waals surface area (Å²) >= 11 is 0. The Bertz CT molecular complexity index is 1800. The van der Waals surface area contributed by atoms with Gasteiger partial charge in [-0.1, -0.05) is 66.7 Å². The minimum absolute atomic E-state index is 0.0228. The predicted octanol–water partition coefficient (Wildman–Crippen LogP) is 7.66. The highest BCUT2D eigenvalue weighted by atomic mass is 16.6. The van der Waals surface area contributed by atoms with Crippen molar-refractivity contribution in [3.8, 4) is 40.0 Å². The normalized spacial score (nSPS) is 11.0. The first-order chi connectivity index (χ1) is 20.5. The number of nitriles is 1. The van der Waals surface area contributed by atoms with Gasteiger partial charge in [-0.15, -0.1) is 0 Å². The Kier molecular flexibility index (Phi) is 8.22. The molecule has 0 unspecified atom stereocenters. The second-order valence-corrected chi connectivity index (χ2v) is 9.26. The fourth-order valence-corrected chi connectivity index (χ4v) is 4.68. The van der Waals surface area contributed by atoms with Crippen molar-refractivity contribution in [2.24, 2.45) is 0 Å². The number of nitrogens with one attached hydrogen (secondary N) is 1. The standard InChI is InChI=1S/C34H26N4O4/c1-2-42-31-15-9-14-28(22-31)36-34(39)27(23-35)20-26-21-32(24-10-5-3-6-11-24)37(33(26)25-12-7-4-8-13-25)29-16-18-30(19-17-29)38(40)41/h3-22H,2H2,1H3,(H,36,39)/b27-20-. The number of anilines is 1. The molecule has 1 amide bonds. The molecule has 0 aliphatic carbocycles. The quantitative estimate of drug-likeness (QED) is 0.0870. The Balaban J connectivity index is 1.68. The summed E-state index contributed by atoms with van der Waals surface area (Å²) in [5.41, 5.74) is 4.96. The molecular formula is C34H26N4O4. The molecule has 5 aromatic rings. The van der Waals surface area contributed by atoms with Crippen LogP contribution in [0.2, 0.25) is 0 Å². The lowest BCUT2D eigenvalue weighted by Gasteiger charge is -2.15. The molecule has 0 radical (unpaired) electrons. The SMILES string of the molecule is CCOc1cccc(NC(=O)/C(C#N)=C\c2cc(-c3ccccc3)n(-c3ccc([N+](=O)[O-])cc3)c2-c2ccccc2)c1. The maximum Gasteiger partial charge on any atom is 0.269 e. The van der Waals surface area contributed by atoms with Crippen molar-refractivity contribution >= 4 is 23.4 Å². The number of carbonyl (C=O) groups excluding carboxylic acids is 1. The van der Waals surface area contributed by atoms with Gasteiger partial charge in [0.2, 0.25) is 0 Å². The molecular weight excluding hydrogens is 528 g/mol. The number of nitrogens with zero attached hydrogens (tertiary/aromatic N) is 3. The topological polar surface area (TPSA) is 110 Å². The van der Waals surface area contributed by atoms with Crippen molar-refractivity contribution in [2.45, 2.75) is 6.92 Å². The van der Waals surface area contributed by atoms with Gasteiger partial charge in [0.25, 0.3) is 11.6 Å². The molecule has 0 aliphatic rings. The van der Waals surface area contributed by atoms with E-state index in [1.165, 1.54) is 12.1 Å². The summed E-state index contributed by atoms with van der Waals surface area (Å²) in [6, 6.07) is 36.5. The van der Waals surface area contributed by atoms with E-state index in [0.29, 0.717) is 29.3 Å². The Hall–Kier alpha value is -5.94. The second kappa shape index (κ2) is 12.5. The molecule has 0 bridgehead atoms. The van der Waals surface area contributed by atoms with Gasteiger partial charge in [-0.2, -0.15) is 5.26 Å². The van der Waals surface area contributed by atoms with Crippen LogP contribution in [-0.4, -0.2) is 22.0 Å². The summed E-state index contributed by atoms with van der Waals surface area (Å²) < 4.78 is 7.51. The molecule has 0 saturated heterocycles. The highest BCUT2D eigenvalue weighted by Crippen LogP contribution is 2.37. The van der Waals surface area contributed by atoms with E-state index in [1.807, 2.05) is 78.2 Å². The van der Waals surface area contributed by atoms with E-state index in [0.717, 1.165) is 22.5 Å². The van der Waals surface area contributed by atoms with E-state index >= 15 is 0 Å². The third kappa shape index (κ3) is 5.96. The number of rotatable bonds is 9. The lowest BCUT2D eigenvalue weighted by Crippen LogP contribution is -2.13. The second-order valence-electron chi connectivity index (χ2n) is 9.26. The van der Waals surface area contributed by atoms with Crippen molar-refractivity contribution in [3.05, 3.63) is 137 Å². The molecule has 0 atom stereocenters. The Morgan fingerprint density at radius 1 is 0.929 bits per heavy atom. The molecule has 206 valence electrons. The molecule has 1 N–H and O–H groups in total. The molecule has 8 heteroatoms. The largest absolute Gasteiger partial charge is 0.494 e. The van der Waals surface area contributed by atoms with E-state index in [2.05, 4.69) is 11.4 Å². The first-order valence-corrected chi connectivity index (χ1v) is 13.3.